The number of allylic oxidation sites excluding steroid dienone is 4. The molecule has 0 aliphatic heterocycles. The van der Waals surface area contributed by atoms with Crippen molar-refractivity contribution in [1.82, 2.24) is 0 Å². The molecule has 47 heavy (non-hydrogen) atoms. The van der Waals surface area contributed by atoms with Gasteiger partial charge in [-0.15, -0.1) is 11.3 Å². The molecule has 228 valence electrons. The maximum Gasteiger partial charge on any atom is 0.346 e. The second kappa shape index (κ2) is 13.7. The molecule has 4 aromatic carbocycles. The van der Waals surface area contributed by atoms with E-state index in [4.69, 9.17) is 15.8 Å². The number of nitrogens with one attached hydrogen (secondary N) is 1. The van der Waals surface area contributed by atoms with E-state index in [1.165, 1.54) is 6.08 Å². The van der Waals surface area contributed by atoms with Crippen molar-refractivity contribution in [1.29, 1.82) is 10.7 Å². The second-order valence-electron chi connectivity index (χ2n) is 10.8. The molecule has 8 heteroatoms. The maximum atomic E-state index is 11.2. The molecule has 0 radical (unpaired) electrons. The first-order valence-corrected chi connectivity index (χ1v) is 15.9. The number of thiol groups is 1. The summed E-state index contributed by atoms with van der Waals surface area (Å²) in [6.45, 7) is 2.09. The minimum atomic E-state index is -1.28. The molecule has 0 fully saturated rings. The van der Waals surface area contributed by atoms with Crippen LogP contribution in [-0.2, 0) is 4.79 Å². The number of carbonyl (C=O) groups is 1. The van der Waals surface area contributed by atoms with Crippen LogP contribution in [0.5, 0.6) is 0 Å². The Morgan fingerprint density at radius 1 is 0.851 bits per heavy atom. The summed E-state index contributed by atoms with van der Waals surface area (Å²) in [4.78, 5) is 15.6. The normalized spacial score (nSPS) is 13.9. The summed E-state index contributed by atoms with van der Waals surface area (Å²) in [5, 5.41) is 27.2. The Morgan fingerprint density at radius 3 is 1.96 bits per heavy atom. The number of hydrogen-bond donors (Lipinski definition) is 3. The number of carboxylic acids is 1. The molecular weight excluding hydrogens is 621 g/mol. The number of nitriles is 1. The minimum absolute atomic E-state index is 0.239. The Bertz CT molecular complexity index is 2100. The zero-order valence-electron chi connectivity index (χ0n) is 25.3. The number of aliphatic carboxylic acids is 1. The van der Waals surface area contributed by atoms with Crippen molar-refractivity contribution in [2.45, 2.75) is 6.92 Å². The van der Waals surface area contributed by atoms with Gasteiger partial charge >= 0.3 is 5.97 Å². The lowest BCUT2D eigenvalue weighted by Crippen LogP contribution is -2.18. The molecule has 6 rings (SSSR count). The Hall–Kier alpha value is -5.75. The standard InChI is InChI=1S/C39H28N4O2S2/c1-25-22-35(34-21-20-33(36(41)37(34)42-46)27-14-12-26(13-15-27)23-29(24-40)39(44)45)47-38(25)28-16-18-32(19-17-28)43(30-8-4-2-5-9-30)31-10-6-3-7-11-31/h2-23,41,46H,1H3,(H,44,45)/b29-23+,41-36?,42-37-. The number of anilines is 3. The Morgan fingerprint density at radius 2 is 1.40 bits per heavy atom. The SMILES string of the molecule is Cc1cc(C2=CC=C(c3ccc(/C=C(\C#N)C(=O)O)cc3)C(=N)/C2=N\S)sc1-c1ccc(N(c2ccccc2)c2ccccc2)cc1. The first-order valence-electron chi connectivity index (χ1n) is 14.7. The van der Waals surface area contributed by atoms with Gasteiger partial charge in [0.1, 0.15) is 17.4 Å². The van der Waals surface area contributed by atoms with Gasteiger partial charge in [0.25, 0.3) is 0 Å². The van der Waals surface area contributed by atoms with Crippen LogP contribution in [0.25, 0.3) is 27.7 Å². The van der Waals surface area contributed by atoms with E-state index >= 15 is 0 Å². The average Bonchev–Trinajstić information content (AvgIpc) is 3.49. The first-order chi connectivity index (χ1) is 22.9. The average molecular weight is 649 g/mol. The summed E-state index contributed by atoms with van der Waals surface area (Å²) in [6.07, 6.45) is 5.18. The zero-order chi connectivity index (χ0) is 32.9. The number of rotatable bonds is 8. The van der Waals surface area contributed by atoms with Gasteiger partial charge in [-0.3, -0.25) is 5.41 Å². The van der Waals surface area contributed by atoms with Crippen molar-refractivity contribution in [3.05, 3.63) is 155 Å². The van der Waals surface area contributed by atoms with Crippen molar-refractivity contribution in [2.75, 3.05) is 4.90 Å². The van der Waals surface area contributed by atoms with E-state index in [2.05, 4.69) is 83.6 Å². The van der Waals surface area contributed by atoms with Gasteiger partial charge in [-0.25, -0.2) is 9.19 Å². The molecule has 1 aliphatic rings. The van der Waals surface area contributed by atoms with Crippen LogP contribution in [0.3, 0.4) is 0 Å². The van der Waals surface area contributed by atoms with Gasteiger partial charge in [0.05, 0.1) is 5.71 Å². The predicted octanol–water partition coefficient (Wildman–Crippen LogP) is 9.97. The monoisotopic (exact) mass is 648 g/mol. The largest absolute Gasteiger partial charge is 0.477 e. The summed E-state index contributed by atoms with van der Waals surface area (Å²) in [5.74, 6) is -1.28. The minimum Gasteiger partial charge on any atom is -0.477 e. The zero-order valence-corrected chi connectivity index (χ0v) is 27.0. The number of benzene rings is 4. The van der Waals surface area contributed by atoms with E-state index in [1.807, 2.05) is 48.6 Å². The van der Waals surface area contributed by atoms with Gasteiger partial charge in [0, 0.05) is 38.0 Å². The van der Waals surface area contributed by atoms with E-state index in [0.29, 0.717) is 16.8 Å². The van der Waals surface area contributed by atoms with Crippen LogP contribution in [0, 0.1) is 23.7 Å². The number of para-hydroxylation sites is 2. The molecule has 5 aromatic rings. The summed E-state index contributed by atoms with van der Waals surface area (Å²) in [5.41, 5.74) is 8.66. The van der Waals surface area contributed by atoms with E-state index in [-0.39, 0.29) is 11.3 Å². The molecule has 1 heterocycles. The molecule has 1 aromatic heterocycles. The smallest absolute Gasteiger partial charge is 0.346 e. The highest BCUT2D eigenvalue weighted by Crippen LogP contribution is 2.40. The van der Waals surface area contributed by atoms with Crippen LogP contribution in [0.1, 0.15) is 21.6 Å². The molecule has 1 aliphatic carbocycles. The summed E-state index contributed by atoms with van der Waals surface area (Å²) in [6, 6.07) is 40.1. The molecule has 0 unspecified atom stereocenters. The van der Waals surface area contributed by atoms with Crippen LogP contribution in [0.15, 0.2) is 137 Å². The number of nitrogens with zero attached hydrogens (tertiary/aromatic N) is 3. The first kappa shape index (κ1) is 31.2. The Labute approximate surface area is 282 Å². The van der Waals surface area contributed by atoms with E-state index in [9.17, 15) is 4.79 Å². The molecule has 0 amide bonds. The van der Waals surface area contributed by atoms with Crippen molar-refractivity contribution >= 4 is 75.8 Å². The third-order valence-corrected chi connectivity index (χ3v) is 9.28. The molecular formula is C39H28N4O2S2. The highest BCUT2D eigenvalue weighted by atomic mass is 32.1. The fourth-order valence-corrected chi connectivity index (χ4v) is 6.88. The van der Waals surface area contributed by atoms with Crippen molar-refractivity contribution < 1.29 is 9.90 Å². The molecule has 0 saturated carbocycles. The highest BCUT2D eigenvalue weighted by molar-refractivity contribution is 7.79. The predicted molar refractivity (Wildman–Crippen MR) is 197 cm³/mol. The fourth-order valence-electron chi connectivity index (χ4n) is 5.47. The van der Waals surface area contributed by atoms with Crippen molar-refractivity contribution in [3.63, 3.8) is 0 Å². The topological polar surface area (TPSA) is 101 Å². The van der Waals surface area contributed by atoms with Gasteiger partial charge < -0.3 is 10.0 Å². The van der Waals surface area contributed by atoms with Gasteiger partial charge in [-0.2, -0.15) is 5.26 Å². The molecule has 2 N–H and O–H groups in total. The third-order valence-electron chi connectivity index (χ3n) is 7.76. The number of hydrogen-bond acceptors (Lipinski definition) is 7. The summed E-state index contributed by atoms with van der Waals surface area (Å²) < 4.78 is 4.22. The second-order valence-corrected chi connectivity index (χ2v) is 12.0. The molecule has 0 spiro atoms. The molecule has 0 saturated heterocycles. The van der Waals surface area contributed by atoms with Crippen LogP contribution >= 0.6 is 24.2 Å². The van der Waals surface area contributed by atoms with E-state index in [1.54, 1.807) is 41.7 Å². The van der Waals surface area contributed by atoms with Gasteiger partial charge in [0.15, 0.2) is 0 Å². The molecule has 6 nitrogen and oxygen atoms in total. The van der Waals surface area contributed by atoms with Gasteiger partial charge in [0.2, 0.25) is 0 Å². The number of carboxylic acid groups (broad SMARTS) is 1. The highest BCUT2D eigenvalue weighted by Gasteiger charge is 2.25. The summed E-state index contributed by atoms with van der Waals surface area (Å²) in [7, 11) is 0. The summed E-state index contributed by atoms with van der Waals surface area (Å²) >= 11 is 5.90. The lowest BCUT2D eigenvalue weighted by atomic mass is 9.88. The van der Waals surface area contributed by atoms with Crippen molar-refractivity contribution in [2.24, 2.45) is 4.40 Å². The third kappa shape index (κ3) is 6.49. The molecule has 0 atom stereocenters. The lowest BCUT2D eigenvalue weighted by Gasteiger charge is -2.25. The van der Waals surface area contributed by atoms with E-state index in [0.717, 1.165) is 49.1 Å². The lowest BCUT2D eigenvalue weighted by molar-refractivity contribution is -0.132. The Kier molecular flexibility index (Phi) is 9.11. The van der Waals surface area contributed by atoms with Crippen molar-refractivity contribution in [3.8, 4) is 16.5 Å². The number of thiophene rings is 1. The van der Waals surface area contributed by atoms with Crippen LogP contribution < -0.4 is 4.90 Å². The van der Waals surface area contributed by atoms with Crippen LogP contribution in [0.2, 0.25) is 0 Å². The Balaban J connectivity index is 1.29. The van der Waals surface area contributed by atoms with E-state index < -0.39 is 5.97 Å². The fraction of sp³-hybridized carbons (Fsp3) is 0.0256. The molecule has 0 bridgehead atoms. The maximum absolute atomic E-state index is 11.2. The van der Waals surface area contributed by atoms with Gasteiger partial charge in [-0.05, 0) is 90.5 Å². The quantitative estimate of drug-likeness (QED) is 0.0675. The van der Waals surface area contributed by atoms with Crippen LogP contribution in [0.4, 0.5) is 17.1 Å². The number of aryl methyl sites for hydroxylation is 1. The van der Waals surface area contributed by atoms with Gasteiger partial charge in [-0.1, -0.05) is 84.9 Å². The van der Waals surface area contributed by atoms with Crippen LogP contribution in [-0.4, -0.2) is 22.5 Å².